The summed E-state index contributed by atoms with van der Waals surface area (Å²) < 4.78 is 16.6. The van der Waals surface area contributed by atoms with E-state index in [0.717, 1.165) is 24.2 Å². The van der Waals surface area contributed by atoms with E-state index in [1.54, 1.807) is 7.11 Å². The van der Waals surface area contributed by atoms with Gasteiger partial charge in [0, 0.05) is 0 Å². The van der Waals surface area contributed by atoms with Gasteiger partial charge in [0.25, 0.3) is 0 Å². The van der Waals surface area contributed by atoms with Crippen molar-refractivity contribution in [2.24, 2.45) is 17.8 Å². The predicted octanol–water partition coefficient (Wildman–Crippen LogP) is 4.14. The van der Waals surface area contributed by atoms with Gasteiger partial charge in [-0.05, 0) is 48.3 Å². The van der Waals surface area contributed by atoms with Gasteiger partial charge in [0.15, 0.2) is 6.10 Å². The maximum atomic E-state index is 12.5. The minimum Gasteiger partial charge on any atom is -0.497 e. The molecule has 1 aliphatic carbocycles. The smallest absolute Gasteiger partial charge is 0.338 e. The molecule has 0 N–H and O–H groups in total. The van der Waals surface area contributed by atoms with Gasteiger partial charge >= 0.3 is 5.97 Å². The second-order valence-corrected chi connectivity index (χ2v) is 7.55. The van der Waals surface area contributed by atoms with Crippen LogP contribution in [-0.2, 0) is 14.3 Å². The van der Waals surface area contributed by atoms with Crippen LogP contribution < -0.4 is 4.74 Å². The molecule has 1 aromatic rings. The molecule has 4 nitrogen and oxygen atoms in total. The summed E-state index contributed by atoms with van der Waals surface area (Å²) in [6, 6.07) is 7.65. The minimum absolute atomic E-state index is 0.0296. The van der Waals surface area contributed by atoms with Crippen molar-refractivity contribution in [2.45, 2.75) is 58.3 Å². The third kappa shape index (κ3) is 3.75. The summed E-state index contributed by atoms with van der Waals surface area (Å²) in [7, 11) is 1.64. The van der Waals surface area contributed by atoms with Gasteiger partial charge in [-0.3, -0.25) is 0 Å². The van der Waals surface area contributed by atoms with Gasteiger partial charge in [-0.15, -0.1) is 0 Å². The molecule has 24 heavy (non-hydrogen) atoms. The number of carbonyl (C=O) groups excluding carboxylic acids is 1. The molecule has 3 rings (SSSR count). The van der Waals surface area contributed by atoms with E-state index < -0.39 is 6.10 Å². The first-order valence-corrected chi connectivity index (χ1v) is 8.99. The largest absolute Gasteiger partial charge is 0.497 e. The maximum absolute atomic E-state index is 12.5. The third-order valence-electron chi connectivity index (χ3n) is 5.40. The molecule has 0 aromatic heterocycles. The lowest BCUT2D eigenvalue weighted by atomic mass is 9.75. The van der Waals surface area contributed by atoms with Crippen LogP contribution in [0.4, 0.5) is 0 Å². The van der Waals surface area contributed by atoms with Crippen LogP contribution in [0.2, 0.25) is 0 Å². The summed E-state index contributed by atoms with van der Waals surface area (Å²) in [4.78, 5) is 12.5. The Kier molecular flexibility index (Phi) is 5.14. The van der Waals surface area contributed by atoms with Gasteiger partial charge in [0.2, 0.25) is 0 Å². The van der Waals surface area contributed by atoms with E-state index in [2.05, 4.69) is 20.8 Å². The van der Waals surface area contributed by atoms with Crippen LogP contribution in [0.15, 0.2) is 24.3 Å². The quantitative estimate of drug-likeness (QED) is 0.600. The molecule has 1 aromatic carbocycles. The Balaban J connectivity index is 1.58. The standard InChI is InChI=1S/C20H28O4/c1-12(2)16-10-5-13(3)11-17(16)23-20(21)19-18(24-19)14-6-8-15(22-4)9-7-14/h6-9,12-13,16-19H,5,10-11H2,1-4H3/t13?,16?,17?,18-,19+/m0/s1. The second kappa shape index (κ2) is 7.14. The molecule has 4 heteroatoms. The fraction of sp³-hybridized carbons (Fsp3) is 0.650. The number of methoxy groups -OCH3 is 1. The Hall–Kier alpha value is -1.55. The Morgan fingerprint density at radius 2 is 1.92 bits per heavy atom. The summed E-state index contributed by atoms with van der Waals surface area (Å²) in [5.74, 6) is 2.21. The van der Waals surface area contributed by atoms with Gasteiger partial charge in [-0.1, -0.05) is 39.3 Å². The van der Waals surface area contributed by atoms with Gasteiger partial charge in [-0.2, -0.15) is 0 Å². The zero-order valence-corrected chi connectivity index (χ0v) is 15.0. The first kappa shape index (κ1) is 17.3. The number of ether oxygens (including phenoxy) is 3. The van der Waals surface area contributed by atoms with Crippen molar-refractivity contribution in [3.05, 3.63) is 29.8 Å². The highest BCUT2D eigenvalue weighted by Gasteiger charge is 2.49. The molecule has 3 unspecified atom stereocenters. The lowest BCUT2D eigenvalue weighted by Crippen LogP contribution is -2.36. The van der Waals surface area contributed by atoms with Crippen LogP contribution in [0.5, 0.6) is 5.75 Å². The van der Waals surface area contributed by atoms with Crippen LogP contribution in [0.25, 0.3) is 0 Å². The second-order valence-electron chi connectivity index (χ2n) is 7.55. The molecule has 132 valence electrons. The maximum Gasteiger partial charge on any atom is 0.338 e. The predicted molar refractivity (Wildman–Crippen MR) is 91.8 cm³/mol. The molecule has 1 saturated carbocycles. The fourth-order valence-corrected chi connectivity index (χ4v) is 3.81. The van der Waals surface area contributed by atoms with E-state index in [1.165, 1.54) is 6.42 Å². The number of carbonyl (C=O) groups is 1. The first-order chi connectivity index (χ1) is 11.5. The highest BCUT2D eigenvalue weighted by atomic mass is 16.6. The van der Waals surface area contributed by atoms with Crippen LogP contribution in [-0.4, -0.2) is 25.3 Å². The Bertz CT molecular complexity index is 566. The summed E-state index contributed by atoms with van der Waals surface area (Å²) in [6.45, 7) is 6.68. The molecule has 0 radical (unpaired) electrons. The molecule has 2 aliphatic rings. The highest BCUT2D eigenvalue weighted by molar-refractivity contribution is 5.78. The van der Waals surface area contributed by atoms with Crippen molar-refractivity contribution in [3.8, 4) is 5.75 Å². The molecular formula is C20H28O4. The van der Waals surface area contributed by atoms with E-state index in [9.17, 15) is 4.79 Å². The lowest BCUT2D eigenvalue weighted by molar-refractivity contribution is -0.157. The highest BCUT2D eigenvalue weighted by Crippen LogP contribution is 2.42. The van der Waals surface area contributed by atoms with Gasteiger partial charge in [0.05, 0.1) is 7.11 Å². The molecule has 0 bridgehead atoms. The van der Waals surface area contributed by atoms with Crippen LogP contribution in [0.1, 0.15) is 51.7 Å². The molecule has 5 atom stereocenters. The fourth-order valence-electron chi connectivity index (χ4n) is 3.81. The Labute approximate surface area is 144 Å². The number of esters is 1. The molecule has 2 fully saturated rings. The normalized spacial score (nSPS) is 32.5. The molecule has 0 amide bonds. The van der Waals surface area contributed by atoms with Crippen molar-refractivity contribution >= 4 is 5.97 Å². The third-order valence-corrected chi connectivity index (χ3v) is 5.40. The molecule has 1 heterocycles. The van der Waals surface area contributed by atoms with Crippen LogP contribution in [0.3, 0.4) is 0 Å². The SMILES string of the molecule is COc1ccc([C@@H]2O[C@H]2C(=O)OC2CC(C)CCC2C(C)C)cc1. The van der Waals surface area contributed by atoms with E-state index in [0.29, 0.717) is 17.8 Å². The average Bonchev–Trinajstić information content (AvgIpc) is 3.35. The molecule has 0 spiro atoms. The summed E-state index contributed by atoms with van der Waals surface area (Å²) in [5, 5.41) is 0. The summed E-state index contributed by atoms with van der Waals surface area (Å²) >= 11 is 0. The van der Waals surface area contributed by atoms with Crippen molar-refractivity contribution in [1.29, 1.82) is 0 Å². The number of hydrogen-bond acceptors (Lipinski definition) is 4. The number of hydrogen-bond donors (Lipinski definition) is 0. The van der Waals surface area contributed by atoms with Crippen molar-refractivity contribution in [3.63, 3.8) is 0 Å². The summed E-state index contributed by atoms with van der Waals surface area (Å²) in [5.41, 5.74) is 0.996. The van der Waals surface area contributed by atoms with E-state index >= 15 is 0 Å². The zero-order valence-electron chi connectivity index (χ0n) is 15.0. The average molecular weight is 332 g/mol. The van der Waals surface area contributed by atoms with Gasteiger partial charge < -0.3 is 14.2 Å². The van der Waals surface area contributed by atoms with Gasteiger partial charge in [-0.25, -0.2) is 4.79 Å². The molecular weight excluding hydrogens is 304 g/mol. The van der Waals surface area contributed by atoms with E-state index in [1.807, 2.05) is 24.3 Å². The zero-order chi connectivity index (χ0) is 17.3. The van der Waals surface area contributed by atoms with Crippen molar-refractivity contribution < 1.29 is 19.0 Å². The molecule has 1 saturated heterocycles. The summed E-state index contributed by atoms with van der Waals surface area (Å²) in [6.07, 6.45) is 2.73. The Morgan fingerprint density at radius 1 is 1.21 bits per heavy atom. The lowest BCUT2D eigenvalue weighted by Gasteiger charge is -2.36. The number of benzene rings is 1. The topological polar surface area (TPSA) is 48.1 Å². The molecule has 1 aliphatic heterocycles. The number of rotatable bonds is 5. The van der Waals surface area contributed by atoms with Gasteiger partial charge in [0.1, 0.15) is 18.0 Å². The van der Waals surface area contributed by atoms with E-state index in [4.69, 9.17) is 14.2 Å². The first-order valence-electron chi connectivity index (χ1n) is 8.99. The van der Waals surface area contributed by atoms with Crippen LogP contribution >= 0.6 is 0 Å². The Morgan fingerprint density at radius 3 is 2.54 bits per heavy atom. The van der Waals surface area contributed by atoms with Crippen molar-refractivity contribution in [1.82, 2.24) is 0 Å². The van der Waals surface area contributed by atoms with Crippen molar-refractivity contribution in [2.75, 3.05) is 7.11 Å². The minimum atomic E-state index is -0.455. The number of epoxide rings is 1. The van der Waals surface area contributed by atoms with E-state index in [-0.39, 0.29) is 18.2 Å². The monoisotopic (exact) mass is 332 g/mol. The van der Waals surface area contributed by atoms with Crippen LogP contribution in [0, 0.1) is 17.8 Å².